The molecule has 0 fully saturated rings. The number of benzene rings is 1. The van der Waals surface area contributed by atoms with Crippen LogP contribution in [0.1, 0.15) is 12.5 Å². The summed E-state index contributed by atoms with van der Waals surface area (Å²) in [4.78, 5) is 33.9. The Morgan fingerprint density at radius 1 is 1.48 bits per heavy atom. The zero-order valence-electron chi connectivity index (χ0n) is 12.4. The molecule has 7 nitrogen and oxygen atoms in total. The number of carbonyl (C=O) groups excluding carboxylic acids is 1. The summed E-state index contributed by atoms with van der Waals surface area (Å²) in [6.07, 6.45) is 2.85. The number of rotatable bonds is 5. The minimum absolute atomic E-state index is 0.0172. The van der Waals surface area contributed by atoms with Crippen LogP contribution in [0.15, 0.2) is 52.4 Å². The minimum atomic E-state index is -0.527. The lowest BCUT2D eigenvalue weighted by Crippen LogP contribution is -2.18. The molecule has 0 bridgehead atoms. The molecule has 23 heavy (non-hydrogen) atoms. The van der Waals surface area contributed by atoms with Gasteiger partial charge in [-0.2, -0.15) is 0 Å². The topological polar surface area (TPSA) is 102 Å². The van der Waals surface area contributed by atoms with Crippen molar-refractivity contribution in [3.8, 4) is 11.3 Å². The molecule has 0 radical (unpaired) electrons. The van der Waals surface area contributed by atoms with Crippen LogP contribution in [-0.2, 0) is 11.2 Å². The highest BCUT2D eigenvalue weighted by molar-refractivity contribution is 5.88. The summed E-state index contributed by atoms with van der Waals surface area (Å²) >= 11 is 0. The number of non-ortho nitro benzene ring substituents is 1. The van der Waals surface area contributed by atoms with Crippen LogP contribution in [0.3, 0.4) is 0 Å². The number of nitrogens with one attached hydrogen (secondary N) is 1. The number of amides is 1. The van der Waals surface area contributed by atoms with E-state index in [0.29, 0.717) is 5.56 Å². The first-order valence-corrected chi connectivity index (χ1v) is 6.72. The SMILES string of the molecule is C=CCc1c(-c2cccc([N+](=O)[O-])c2)occ(NC(C)=O)c1=O. The molecule has 0 atom stereocenters. The van der Waals surface area contributed by atoms with Crippen molar-refractivity contribution >= 4 is 17.3 Å². The van der Waals surface area contributed by atoms with Crippen molar-refractivity contribution in [1.29, 1.82) is 0 Å². The van der Waals surface area contributed by atoms with Gasteiger partial charge in [-0.1, -0.05) is 18.2 Å². The Morgan fingerprint density at radius 3 is 2.83 bits per heavy atom. The number of anilines is 1. The lowest BCUT2D eigenvalue weighted by atomic mass is 10.0. The normalized spacial score (nSPS) is 10.1. The lowest BCUT2D eigenvalue weighted by Gasteiger charge is -2.09. The fourth-order valence-electron chi connectivity index (χ4n) is 2.12. The Balaban J connectivity index is 2.62. The van der Waals surface area contributed by atoms with Crippen LogP contribution in [-0.4, -0.2) is 10.8 Å². The van der Waals surface area contributed by atoms with E-state index in [-0.39, 0.29) is 29.1 Å². The highest BCUT2D eigenvalue weighted by Gasteiger charge is 2.17. The van der Waals surface area contributed by atoms with E-state index in [2.05, 4.69) is 11.9 Å². The molecule has 0 spiro atoms. The highest BCUT2D eigenvalue weighted by atomic mass is 16.6. The average Bonchev–Trinajstić information content (AvgIpc) is 2.51. The summed E-state index contributed by atoms with van der Waals surface area (Å²) in [5.41, 5.74) is 0.172. The van der Waals surface area contributed by atoms with Gasteiger partial charge >= 0.3 is 0 Å². The monoisotopic (exact) mass is 314 g/mol. The Hall–Kier alpha value is -3.22. The fraction of sp³-hybridized carbons (Fsp3) is 0.125. The first-order valence-electron chi connectivity index (χ1n) is 6.72. The fourth-order valence-corrected chi connectivity index (χ4v) is 2.12. The standard InChI is InChI=1S/C16H14N2O5/c1-3-5-13-15(20)14(17-10(2)19)9-23-16(13)11-6-4-7-12(8-11)18(21)22/h3-4,6-9H,1,5H2,2H3,(H,17,19). The van der Waals surface area contributed by atoms with Crippen LogP contribution in [0.25, 0.3) is 11.3 Å². The molecule has 1 N–H and O–H groups in total. The molecule has 0 saturated heterocycles. The Kier molecular flexibility index (Phi) is 4.70. The smallest absolute Gasteiger partial charge is 0.270 e. The van der Waals surface area contributed by atoms with Gasteiger partial charge in [-0.25, -0.2) is 0 Å². The second-order valence-corrected chi connectivity index (χ2v) is 4.77. The summed E-state index contributed by atoms with van der Waals surface area (Å²) in [5.74, 6) is -0.183. The molecule has 0 aliphatic carbocycles. The summed E-state index contributed by atoms with van der Waals surface area (Å²) < 4.78 is 5.46. The lowest BCUT2D eigenvalue weighted by molar-refractivity contribution is -0.384. The van der Waals surface area contributed by atoms with Gasteiger partial charge in [0.15, 0.2) is 0 Å². The number of nitrogens with zero attached hydrogens (tertiary/aromatic N) is 1. The van der Waals surface area contributed by atoms with E-state index in [1.165, 1.54) is 31.2 Å². The summed E-state index contributed by atoms with van der Waals surface area (Å²) in [7, 11) is 0. The first kappa shape index (κ1) is 16.2. The maximum absolute atomic E-state index is 12.5. The molecular weight excluding hydrogens is 300 g/mol. The molecule has 1 aromatic carbocycles. The zero-order valence-corrected chi connectivity index (χ0v) is 12.4. The number of allylic oxidation sites excluding steroid dienone is 1. The van der Waals surface area contributed by atoms with Crippen LogP contribution < -0.4 is 10.7 Å². The number of nitro benzene ring substituents is 1. The second kappa shape index (κ2) is 6.69. The van der Waals surface area contributed by atoms with E-state index in [4.69, 9.17) is 4.42 Å². The quantitative estimate of drug-likeness (QED) is 0.519. The van der Waals surface area contributed by atoms with E-state index in [9.17, 15) is 19.7 Å². The third-order valence-corrected chi connectivity index (χ3v) is 3.07. The second-order valence-electron chi connectivity index (χ2n) is 4.77. The number of nitro groups is 1. The molecule has 7 heteroatoms. The molecular formula is C16H14N2O5. The van der Waals surface area contributed by atoms with Gasteiger partial charge in [0.05, 0.1) is 4.92 Å². The van der Waals surface area contributed by atoms with Gasteiger partial charge in [0, 0.05) is 30.2 Å². The van der Waals surface area contributed by atoms with Crippen molar-refractivity contribution in [2.75, 3.05) is 5.32 Å². The van der Waals surface area contributed by atoms with Crippen LogP contribution >= 0.6 is 0 Å². The van der Waals surface area contributed by atoms with E-state index in [1.54, 1.807) is 6.07 Å². The zero-order chi connectivity index (χ0) is 17.0. The van der Waals surface area contributed by atoms with Crippen LogP contribution in [0.2, 0.25) is 0 Å². The molecule has 1 heterocycles. The molecule has 2 aromatic rings. The molecule has 0 unspecified atom stereocenters. The largest absolute Gasteiger partial charge is 0.462 e. The Labute approximate surface area is 131 Å². The molecule has 2 rings (SSSR count). The maximum Gasteiger partial charge on any atom is 0.270 e. The minimum Gasteiger partial charge on any atom is -0.462 e. The van der Waals surface area contributed by atoms with Gasteiger partial charge in [0.25, 0.3) is 5.69 Å². The van der Waals surface area contributed by atoms with Crippen molar-refractivity contribution < 1.29 is 14.1 Å². The third kappa shape index (κ3) is 3.52. The molecule has 1 aromatic heterocycles. The van der Waals surface area contributed by atoms with Crippen molar-refractivity contribution in [3.63, 3.8) is 0 Å². The van der Waals surface area contributed by atoms with E-state index < -0.39 is 16.3 Å². The third-order valence-electron chi connectivity index (χ3n) is 3.07. The summed E-state index contributed by atoms with van der Waals surface area (Å²) in [6.45, 7) is 4.87. The summed E-state index contributed by atoms with van der Waals surface area (Å²) in [5, 5.41) is 13.3. The van der Waals surface area contributed by atoms with Gasteiger partial charge in [0.1, 0.15) is 17.7 Å². The van der Waals surface area contributed by atoms with Crippen LogP contribution in [0.4, 0.5) is 11.4 Å². The van der Waals surface area contributed by atoms with Gasteiger partial charge in [0.2, 0.25) is 11.3 Å². The highest BCUT2D eigenvalue weighted by Crippen LogP contribution is 2.27. The molecule has 0 aliphatic heterocycles. The molecule has 0 aliphatic rings. The van der Waals surface area contributed by atoms with Crippen molar-refractivity contribution in [2.45, 2.75) is 13.3 Å². The van der Waals surface area contributed by atoms with Gasteiger partial charge in [-0.05, 0) is 6.42 Å². The van der Waals surface area contributed by atoms with Gasteiger partial charge < -0.3 is 9.73 Å². The predicted octanol–water partition coefficient (Wildman–Crippen LogP) is 2.90. The predicted molar refractivity (Wildman–Crippen MR) is 85.3 cm³/mol. The van der Waals surface area contributed by atoms with Crippen molar-refractivity contribution in [3.05, 3.63) is 69.1 Å². The number of hydrogen-bond acceptors (Lipinski definition) is 5. The van der Waals surface area contributed by atoms with E-state index >= 15 is 0 Å². The molecule has 0 saturated carbocycles. The molecule has 1 amide bonds. The van der Waals surface area contributed by atoms with Crippen molar-refractivity contribution in [2.24, 2.45) is 0 Å². The number of hydrogen-bond donors (Lipinski definition) is 1. The van der Waals surface area contributed by atoms with Gasteiger partial charge in [-0.15, -0.1) is 6.58 Å². The van der Waals surface area contributed by atoms with Gasteiger partial charge in [-0.3, -0.25) is 19.7 Å². The summed E-state index contributed by atoms with van der Waals surface area (Å²) in [6, 6.07) is 5.78. The Morgan fingerprint density at radius 2 is 2.22 bits per heavy atom. The van der Waals surface area contributed by atoms with Crippen molar-refractivity contribution in [1.82, 2.24) is 0 Å². The van der Waals surface area contributed by atoms with E-state index in [1.807, 2.05) is 0 Å². The first-order chi connectivity index (χ1) is 10.9. The average molecular weight is 314 g/mol. The van der Waals surface area contributed by atoms with Crippen LogP contribution in [0, 0.1) is 10.1 Å². The Bertz CT molecular complexity index is 839. The van der Waals surface area contributed by atoms with Crippen LogP contribution in [0.5, 0.6) is 0 Å². The molecule has 118 valence electrons. The number of carbonyl (C=O) groups is 1. The maximum atomic E-state index is 12.5. The van der Waals surface area contributed by atoms with E-state index in [0.717, 1.165) is 6.26 Å².